The second-order valence-corrected chi connectivity index (χ2v) is 2.35. The molecule has 5 heteroatoms. The van der Waals surface area contributed by atoms with Crippen LogP contribution in [0.1, 0.15) is 20.7 Å². The molecule has 0 heterocycles. The second kappa shape index (κ2) is 3.22. The number of aromatic carboxylic acids is 1. The summed E-state index contributed by atoms with van der Waals surface area (Å²) in [5.41, 5.74) is 4.17. The zero-order valence-electron chi connectivity index (χ0n) is 6.41. The first kappa shape index (κ1) is 9.18. The SMILES string of the molecule is NC(=O)c1ccc(C(=O)[O-])c(F)c1. The average Bonchev–Trinajstić information content (AvgIpc) is 2.03. The van der Waals surface area contributed by atoms with Crippen molar-refractivity contribution in [3.63, 3.8) is 0 Å². The molecule has 0 aromatic heterocycles. The van der Waals surface area contributed by atoms with Crippen LogP contribution in [-0.4, -0.2) is 11.9 Å². The molecule has 0 atom stereocenters. The highest BCUT2D eigenvalue weighted by molar-refractivity contribution is 5.94. The molecule has 68 valence electrons. The Morgan fingerprint density at radius 2 is 2.00 bits per heavy atom. The minimum Gasteiger partial charge on any atom is -0.545 e. The van der Waals surface area contributed by atoms with Crippen molar-refractivity contribution in [1.29, 1.82) is 0 Å². The van der Waals surface area contributed by atoms with Crippen molar-refractivity contribution < 1.29 is 19.1 Å². The van der Waals surface area contributed by atoms with Crippen LogP contribution in [0.15, 0.2) is 18.2 Å². The van der Waals surface area contributed by atoms with Crippen LogP contribution in [0.25, 0.3) is 0 Å². The number of rotatable bonds is 2. The number of benzene rings is 1. The fourth-order valence-corrected chi connectivity index (χ4v) is 0.834. The van der Waals surface area contributed by atoms with Gasteiger partial charge in [-0.05, 0) is 18.2 Å². The number of carbonyl (C=O) groups is 2. The van der Waals surface area contributed by atoms with E-state index < -0.39 is 23.3 Å². The number of halogens is 1. The van der Waals surface area contributed by atoms with Gasteiger partial charge in [-0.25, -0.2) is 4.39 Å². The Morgan fingerprint density at radius 3 is 2.38 bits per heavy atom. The molecular formula is C8H5FNO3-. The zero-order valence-corrected chi connectivity index (χ0v) is 6.41. The van der Waals surface area contributed by atoms with Crippen molar-refractivity contribution >= 4 is 11.9 Å². The zero-order chi connectivity index (χ0) is 10.0. The van der Waals surface area contributed by atoms with Crippen molar-refractivity contribution in [2.45, 2.75) is 0 Å². The summed E-state index contributed by atoms with van der Waals surface area (Å²) in [5.74, 6) is -3.48. The van der Waals surface area contributed by atoms with E-state index in [0.29, 0.717) is 0 Å². The van der Waals surface area contributed by atoms with Crippen LogP contribution in [-0.2, 0) is 0 Å². The fourth-order valence-electron chi connectivity index (χ4n) is 0.834. The first-order valence-electron chi connectivity index (χ1n) is 3.33. The van der Waals surface area contributed by atoms with E-state index >= 15 is 0 Å². The van der Waals surface area contributed by atoms with Gasteiger partial charge in [0, 0.05) is 11.1 Å². The average molecular weight is 182 g/mol. The Bertz CT molecular complexity index is 376. The number of hydrogen-bond donors (Lipinski definition) is 1. The number of carboxylic acids is 1. The van der Waals surface area contributed by atoms with Crippen molar-refractivity contribution in [3.8, 4) is 0 Å². The van der Waals surface area contributed by atoms with Crippen LogP contribution in [0.4, 0.5) is 4.39 Å². The van der Waals surface area contributed by atoms with Crippen molar-refractivity contribution in [1.82, 2.24) is 0 Å². The Balaban J connectivity index is 3.20. The molecule has 0 aliphatic carbocycles. The Kier molecular flexibility index (Phi) is 2.27. The van der Waals surface area contributed by atoms with Gasteiger partial charge in [0.1, 0.15) is 5.82 Å². The highest BCUT2D eigenvalue weighted by Crippen LogP contribution is 2.08. The minimum atomic E-state index is -1.63. The smallest absolute Gasteiger partial charge is 0.248 e. The summed E-state index contributed by atoms with van der Waals surface area (Å²) >= 11 is 0. The molecule has 1 aromatic carbocycles. The van der Waals surface area contributed by atoms with Gasteiger partial charge in [-0.15, -0.1) is 0 Å². The molecule has 0 unspecified atom stereocenters. The number of hydrogen-bond acceptors (Lipinski definition) is 3. The van der Waals surface area contributed by atoms with E-state index in [9.17, 15) is 19.1 Å². The normalized spacial score (nSPS) is 9.62. The Hall–Kier alpha value is -1.91. The summed E-state index contributed by atoms with van der Waals surface area (Å²) in [6, 6.07) is 2.81. The first-order valence-corrected chi connectivity index (χ1v) is 3.33. The lowest BCUT2D eigenvalue weighted by Crippen LogP contribution is -2.24. The lowest BCUT2D eigenvalue weighted by atomic mass is 10.1. The van der Waals surface area contributed by atoms with Gasteiger partial charge in [-0.2, -0.15) is 0 Å². The van der Waals surface area contributed by atoms with E-state index in [-0.39, 0.29) is 5.56 Å². The number of carbonyl (C=O) groups excluding carboxylic acids is 2. The molecule has 1 rings (SSSR count). The summed E-state index contributed by atoms with van der Waals surface area (Å²) in [5, 5.41) is 10.2. The summed E-state index contributed by atoms with van der Waals surface area (Å²) in [6.07, 6.45) is 0. The third kappa shape index (κ3) is 1.81. The van der Waals surface area contributed by atoms with E-state index in [2.05, 4.69) is 0 Å². The van der Waals surface area contributed by atoms with E-state index in [4.69, 9.17) is 5.73 Å². The molecule has 2 N–H and O–H groups in total. The number of carboxylic acid groups (broad SMARTS) is 1. The lowest BCUT2D eigenvalue weighted by Gasteiger charge is -2.04. The van der Waals surface area contributed by atoms with Crippen LogP contribution >= 0.6 is 0 Å². The summed E-state index contributed by atoms with van der Waals surface area (Å²) in [4.78, 5) is 20.8. The third-order valence-electron chi connectivity index (χ3n) is 1.47. The van der Waals surface area contributed by atoms with E-state index in [0.717, 1.165) is 18.2 Å². The summed E-state index contributed by atoms with van der Waals surface area (Å²) < 4.78 is 12.8. The van der Waals surface area contributed by atoms with E-state index in [1.807, 2.05) is 0 Å². The van der Waals surface area contributed by atoms with Crippen molar-refractivity contribution in [3.05, 3.63) is 35.1 Å². The summed E-state index contributed by atoms with van der Waals surface area (Å²) in [7, 11) is 0. The van der Waals surface area contributed by atoms with Crippen LogP contribution in [0.3, 0.4) is 0 Å². The van der Waals surface area contributed by atoms with Crippen LogP contribution in [0, 0.1) is 5.82 Å². The highest BCUT2D eigenvalue weighted by atomic mass is 19.1. The lowest BCUT2D eigenvalue weighted by molar-refractivity contribution is -0.255. The first-order chi connectivity index (χ1) is 6.02. The van der Waals surface area contributed by atoms with Crippen LogP contribution < -0.4 is 10.8 Å². The topological polar surface area (TPSA) is 83.2 Å². The minimum absolute atomic E-state index is 0.0810. The Morgan fingerprint density at radius 1 is 1.38 bits per heavy atom. The van der Waals surface area contributed by atoms with Crippen molar-refractivity contribution in [2.24, 2.45) is 5.73 Å². The quantitative estimate of drug-likeness (QED) is 0.655. The van der Waals surface area contributed by atoms with Crippen LogP contribution in [0.2, 0.25) is 0 Å². The molecule has 1 aromatic rings. The van der Waals surface area contributed by atoms with Gasteiger partial charge in [0.15, 0.2) is 0 Å². The number of amides is 1. The monoisotopic (exact) mass is 182 g/mol. The molecule has 0 aliphatic rings. The van der Waals surface area contributed by atoms with Crippen molar-refractivity contribution in [2.75, 3.05) is 0 Å². The maximum Gasteiger partial charge on any atom is 0.248 e. The fraction of sp³-hybridized carbons (Fsp3) is 0. The maximum absolute atomic E-state index is 12.8. The molecule has 0 aliphatic heterocycles. The molecular weight excluding hydrogens is 177 g/mol. The number of primary amides is 1. The Labute approximate surface area is 72.8 Å². The molecule has 13 heavy (non-hydrogen) atoms. The van der Waals surface area contributed by atoms with Gasteiger partial charge >= 0.3 is 0 Å². The standard InChI is InChI=1S/C8H6FNO3/c9-6-3-4(7(10)11)1-2-5(6)8(12)13/h1-3H,(H2,10,11)(H,12,13)/p-1. The van der Waals surface area contributed by atoms with E-state index in [1.54, 1.807) is 0 Å². The molecule has 4 nitrogen and oxygen atoms in total. The second-order valence-electron chi connectivity index (χ2n) is 2.35. The molecule has 0 saturated heterocycles. The molecule has 0 radical (unpaired) electrons. The molecule has 0 bridgehead atoms. The molecule has 0 spiro atoms. The molecule has 0 saturated carbocycles. The third-order valence-corrected chi connectivity index (χ3v) is 1.47. The molecule has 0 fully saturated rings. The van der Waals surface area contributed by atoms with E-state index in [1.165, 1.54) is 0 Å². The van der Waals surface area contributed by atoms with Gasteiger partial charge in [0.2, 0.25) is 5.91 Å². The van der Waals surface area contributed by atoms with Gasteiger partial charge in [-0.1, -0.05) is 0 Å². The largest absolute Gasteiger partial charge is 0.545 e. The number of nitrogens with two attached hydrogens (primary N) is 1. The van der Waals surface area contributed by atoms with Gasteiger partial charge in [0.25, 0.3) is 0 Å². The molecule has 1 amide bonds. The van der Waals surface area contributed by atoms with Crippen LogP contribution in [0.5, 0.6) is 0 Å². The van der Waals surface area contributed by atoms with Gasteiger partial charge in [0.05, 0.1) is 5.97 Å². The highest BCUT2D eigenvalue weighted by Gasteiger charge is 2.06. The van der Waals surface area contributed by atoms with Gasteiger partial charge < -0.3 is 15.6 Å². The maximum atomic E-state index is 12.8. The van der Waals surface area contributed by atoms with Gasteiger partial charge in [-0.3, -0.25) is 4.79 Å². The predicted octanol–water partition coefficient (Wildman–Crippen LogP) is -0.712. The summed E-state index contributed by atoms with van der Waals surface area (Å²) in [6.45, 7) is 0. The predicted molar refractivity (Wildman–Crippen MR) is 39.2 cm³/mol.